The summed E-state index contributed by atoms with van der Waals surface area (Å²) in [5, 5.41) is 8.29. The molecule has 2 aliphatic heterocycles. The highest BCUT2D eigenvalue weighted by molar-refractivity contribution is 6.28. The molecule has 5 heteroatoms. The van der Waals surface area contributed by atoms with Crippen LogP contribution in [0.5, 0.6) is 5.75 Å². The van der Waals surface area contributed by atoms with Gasteiger partial charge >= 0.3 is 0 Å². The molecule has 0 radical (unpaired) electrons. The number of para-hydroxylation sites is 1. The number of ether oxygens (including phenoxy) is 1. The van der Waals surface area contributed by atoms with Crippen LogP contribution >= 0.6 is 0 Å². The van der Waals surface area contributed by atoms with Crippen LogP contribution in [-0.2, 0) is 0 Å². The fourth-order valence-corrected chi connectivity index (χ4v) is 6.48. The molecule has 0 saturated carbocycles. The minimum absolute atomic E-state index is 0.0360. The van der Waals surface area contributed by atoms with E-state index in [0.717, 1.165) is 34.1 Å². The third-order valence-electron chi connectivity index (χ3n) is 8.14. The summed E-state index contributed by atoms with van der Waals surface area (Å²) in [6.07, 6.45) is 8.61. The number of aromatic nitrogens is 1. The van der Waals surface area contributed by atoms with Crippen molar-refractivity contribution in [2.75, 3.05) is 12.0 Å². The van der Waals surface area contributed by atoms with Gasteiger partial charge in [0.15, 0.2) is 18.3 Å². The van der Waals surface area contributed by atoms with Crippen molar-refractivity contribution in [3.8, 4) is 5.75 Å². The van der Waals surface area contributed by atoms with Crippen LogP contribution in [0.2, 0.25) is 0 Å². The maximum absolute atomic E-state index is 6.17. The van der Waals surface area contributed by atoms with E-state index in [1.807, 2.05) is 18.2 Å². The predicted molar refractivity (Wildman–Crippen MR) is 155 cm³/mol. The first-order valence-electron chi connectivity index (χ1n) is 13.0. The van der Waals surface area contributed by atoms with Crippen molar-refractivity contribution in [2.45, 2.75) is 6.04 Å². The van der Waals surface area contributed by atoms with Crippen molar-refractivity contribution in [2.24, 2.45) is 15.9 Å². The fourth-order valence-electron chi connectivity index (χ4n) is 6.48. The number of anilines is 1. The van der Waals surface area contributed by atoms with Crippen LogP contribution < -0.4 is 10.1 Å². The summed E-state index contributed by atoms with van der Waals surface area (Å²) in [6, 6.07) is 28.0. The second kappa shape index (κ2) is 7.33. The quantitative estimate of drug-likeness (QED) is 0.285. The summed E-state index contributed by atoms with van der Waals surface area (Å²) in [5.41, 5.74) is 7.89. The van der Waals surface area contributed by atoms with Crippen LogP contribution in [0.1, 0.15) is 11.1 Å². The molecule has 2 aromatic heterocycles. The number of allylic oxidation sites excluding steroid dienone is 2. The van der Waals surface area contributed by atoms with Gasteiger partial charge in [0.25, 0.3) is 0 Å². The second-order valence-electron chi connectivity index (χ2n) is 10.2. The molecule has 5 nitrogen and oxygen atoms in total. The van der Waals surface area contributed by atoms with E-state index in [1.165, 1.54) is 38.1 Å². The maximum Gasteiger partial charge on any atom is 0.159 e. The third-order valence-corrected chi connectivity index (χ3v) is 8.14. The molecule has 180 valence electrons. The van der Waals surface area contributed by atoms with Crippen molar-refractivity contribution in [1.29, 1.82) is 0 Å². The molecule has 0 saturated heterocycles. The van der Waals surface area contributed by atoms with Crippen LogP contribution in [0, 0.1) is 5.92 Å². The average molecular weight is 491 g/mol. The SMILES string of the molecule is C1=CC2N=C(c3ccccc3)N=C(c3ccc4c(c3)c3c5c(cc6c7ccccc7n4c63)NCO5)C2C=C1. The molecule has 0 spiro atoms. The molecule has 2 unspecified atom stereocenters. The van der Waals surface area contributed by atoms with E-state index >= 15 is 0 Å². The van der Waals surface area contributed by atoms with Gasteiger partial charge in [0.2, 0.25) is 0 Å². The lowest BCUT2D eigenvalue weighted by Gasteiger charge is -2.27. The first-order chi connectivity index (χ1) is 18.8. The van der Waals surface area contributed by atoms with E-state index < -0.39 is 0 Å². The van der Waals surface area contributed by atoms with Gasteiger partial charge in [-0.05, 0) is 29.8 Å². The number of benzene rings is 4. The van der Waals surface area contributed by atoms with Gasteiger partial charge in [-0.3, -0.25) is 4.99 Å². The molecule has 38 heavy (non-hydrogen) atoms. The zero-order chi connectivity index (χ0) is 24.8. The van der Waals surface area contributed by atoms with Crippen LogP contribution in [-0.4, -0.2) is 28.7 Å². The Balaban J connectivity index is 1.34. The molecule has 0 fully saturated rings. The average Bonchev–Trinajstić information content (AvgIpc) is 3.67. The molecule has 2 atom stereocenters. The predicted octanol–water partition coefficient (Wildman–Crippen LogP) is 6.96. The van der Waals surface area contributed by atoms with Gasteiger partial charge < -0.3 is 14.5 Å². The lowest BCUT2D eigenvalue weighted by molar-refractivity contribution is 0.376. The highest BCUT2D eigenvalue weighted by Gasteiger charge is 2.31. The number of nitrogens with one attached hydrogen (secondary N) is 1. The summed E-state index contributed by atoms with van der Waals surface area (Å²) in [4.78, 5) is 10.2. The minimum Gasteiger partial charge on any atom is -0.470 e. The monoisotopic (exact) mass is 490 g/mol. The first-order valence-corrected chi connectivity index (χ1v) is 13.0. The highest BCUT2D eigenvalue weighted by Crippen LogP contribution is 2.48. The zero-order valence-electron chi connectivity index (χ0n) is 20.4. The van der Waals surface area contributed by atoms with Crippen molar-refractivity contribution >= 4 is 55.3 Å². The summed E-state index contributed by atoms with van der Waals surface area (Å²) in [5.74, 6) is 1.83. The largest absolute Gasteiger partial charge is 0.470 e. The molecule has 3 aliphatic rings. The van der Waals surface area contributed by atoms with Gasteiger partial charge in [-0.2, -0.15) is 0 Å². The molecule has 0 amide bonds. The Morgan fingerprint density at radius 3 is 2.58 bits per heavy atom. The van der Waals surface area contributed by atoms with Crippen molar-refractivity contribution in [3.63, 3.8) is 0 Å². The Bertz CT molecular complexity index is 2060. The number of rotatable bonds is 2. The van der Waals surface area contributed by atoms with Crippen LogP contribution in [0.4, 0.5) is 5.69 Å². The second-order valence-corrected chi connectivity index (χ2v) is 10.2. The van der Waals surface area contributed by atoms with Gasteiger partial charge in [0.1, 0.15) is 0 Å². The minimum atomic E-state index is 0.0360. The van der Waals surface area contributed by atoms with E-state index in [9.17, 15) is 0 Å². The fraction of sp³-hybridized carbons (Fsp3) is 0.0909. The van der Waals surface area contributed by atoms with Gasteiger partial charge in [-0.1, -0.05) is 78.9 Å². The van der Waals surface area contributed by atoms with Gasteiger partial charge in [0, 0.05) is 27.6 Å². The summed E-state index contributed by atoms with van der Waals surface area (Å²) < 4.78 is 8.56. The van der Waals surface area contributed by atoms with Crippen LogP contribution in [0.15, 0.2) is 113 Å². The van der Waals surface area contributed by atoms with Crippen molar-refractivity contribution < 1.29 is 4.74 Å². The Morgan fingerprint density at radius 2 is 1.63 bits per heavy atom. The Hall–Kier alpha value is -4.90. The number of amidine groups is 1. The maximum atomic E-state index is 6.17. The van der Waals surface area contributed by atoms with Gasteiger partial charge in [-0.15, -0.1) is 0 Å². The normalized spacial score (nSPS) is 20.0. The molecule has 4 heterocycles. The topological polar surface area (TPSA) is 50.4 Å². The van der Waals surface area contributed by atoms with E-state index in [4.69, 9.17) is 14.7 Å². The van der Waals surface area contributed by atoms with Crippen LogP contribution in [0.3, 0.4) is 0 Å². The first kappa shape index (κ1) is 20.2. The third kappa shape index (κ3) is 2.60. The van der Waals surface area contributed by atoms with Gasteiger partial charge in [0.05, 0.1) is 39.4 Å². The zero-order valence-corrected chi connectivity index (χ0v) is 20.4. The lowest BCUT2D eigenvalue weighted by atomic mass is 9.85. The van der Waals surface area contributed by atoms with Gasteiger partial charge in [-0.25, -0.2) is 4.99 Å². The summed E-state index contributed by atoms with van der Waals surface area (Å²) in [7, 11) is 0. The standard InChI is InChI=1S/C33H22N4O/c1-2-8-19(9-3-1)33-35-25-12-6-4-11-22(25)30(36-33)20-14-15-28-24(16-20)29-31-23(17-26-32(29)38-18-34-26)21-10-5-7-13-27(21)37(28)31/h1-17,22,25,34H,18H2. The lowest BCUT2D eigenvalue weighted by Crippen LogP contribution is -2.31. The molecule has 1 aliphatic carbocycles. The molecule has 1 N–H and O–H groups in total. The molecule has 6 aromatic rings. The Labute approximate surface area is 218 Å². The molecular formula is C33H22N4O. The van der Waals surface area contributed by atoms with Crippen LogP contribution in [0.25, 0.3) is 38.1 Å². The number of aliphatic imine (C=N–C) groups is 2. The summed E-state index contributed by atoms with van der Waals surface area (Å²) in [6.45, 7) is 0.492. The Kier molecular flexibility index (Phi) is 3.89. The molecular weight excluding hydrogens is 468 g/mol. The number of fused-ring (bicyclic) bond motifs is 9. The highest BCUT2D eigenvalue weighted by atomic mass is 16.5. The van der Waals surface area contributed by atoms with Crippen molar-refractivity contribution in [1.82, 2.24) is 4.40 Å². The number of hydrogen-bond acceptors (Lipinski definition) is 4. The molecule has 4 aromatic carbocycles. The smallest absolute Gasteiger partial charge is 0.159 e. The van der Waals surface area contributed by atoms with E-state index in [0.29, 0.717) is 6.73 Å². The Morgan fingerprint density at radius 1 is 0.789 bits per heavy atom. The van der Waals surface area contributed by atoms with E-state index in [-0.39, 0.29) is 12.0 Å². The van der Waals surface area contributed by atoms with Crippen molar-refractivity contribution in [3.05, 3.63) is 114 Å². The van der Waals surface area contributed by atoms with E-state index in [1.54, 1.807) is 0 Å². The van der Waals surface area contributed by atoms with E-state index in [2.05, 4.69) is 94.7 Å². The molecule has 0 bridgehead atoms. The molecule has 9 rings (SSSR count). The summed E-state index contributed by atoms with van der Waals surface area (Å²) >= 11 is 0. The number of nitrogens with zero attached hydrogens (tertiary/aromatic N) is 3. The number of hydrogen-bond donors (Lipinski definition) is 1.